The third-order valence-electron chi connectivity index (χ3n) is 1.81. The monoisotopic (exact) mass is 209 g/mol. The van der Waals surface area contributed by atoms with Crippen LogP contribution in [0.1, 0.15) is 23.8 Å². The van der Waals surface area contributed by atoms with E-state index in [-0.39, 0.29) is 5.69 Å². The summed E-state index contributed by atoms with van der Waals surface area (Å²) in [5, 5.41) is 11.1. The van der Waals surface area contributed by atoms with Crippen LogP contribution in [-0.2, 0) is 4.79 Å². The van der Waals surface area contributed by atoms with Gasteiger partial charge in [0.15, 0.2) is 0 Å². The Kier molecular flexibility index (Phi) is 3.73. The van der Waals surface area contributed by atoms with Crippen molar-refractivity contribution < 1.29 is 14.7 Å². The van der Waals surface area contributed by atoms with E-state index in [0.29, 0.717) is 6.42 Å². The number of rotatable bonds is 4. The van der Waals surface area contributed by atoms with Gasteiger partial charge in [0.2, 0.25) is 0 Å². The van der Waals surface area contributed by atoms with E-state index < -0.39 is 17.9 Å². The second kappa shape index (κ2) is 5.04. The van der Waals surface area contributed by atoms with Crippen molar-refractivity contribution in [2.24, 2.45) is 0 Å². The van der Waals surface area contributed by atoms with Gasteiger partial charge in [0.25, 0.3) is 5.91 Å². The van der Waals surface area contributed by atoms with Crippen LogP contribution in [-0.4, -0.2) is 33.0 Å². The lowest BCUT2D eigenvalue weighted by Gasteiger charge is -2.11. The van der Waals surface area contributed by atoms with Crippen molar-refractivity contribution in [3.63, 3.8) is 0 Å². The van der Waals surface area contributed by atoms with Crippen LogP contribution >= 0.6 is 0 Å². The second-order valence-corrected chi connectivity index (χ2v) is 2.86. The van der Waals surface area contributed by atoms with E-state index in [4.69, 9.17) is 5.11 Å². The summed E-state index contributed by atoms with van der Waals surface area (Å²) in [5.41, 5.74) is 0.109. The van der Waals surface area contributed by atoms with Crippen molar-refractivity contribution in [1.29, 1.82) is 0 Å². The molecule has 0 aliphatic heterocycles. The number of hydrogen-bond acceptors (Lipinski definition) is 4. The van der Waals surface area contributed by atoms with E-state index in [2.05, 4.69) is 15.3 Å². The summed E-state index contributed by atoms with van der Waals surface area (Å²) in [4.78, 5) is 29.6. The number of aliphatic carboxylic acids is 1. The van der Waals surface area contributed by atoms with Gasteiger partial charge in [0.05, 0.1) is 6.20 Å². The molecule has 0 spiro atoms. The first-order valence-electron chi connectivity index (χ1n) is 4.44. The zero-order valence-electron chi connectivity index (χ0n) is 8.17. The zero-order valence-corrected chi connectivity index (χ0v) is 8.17. The van der Waals surface area contributed by atoms with Crippen LogP contribution in [0.25, 0.3) is 0 Å². The number of carboxylic acids is 1. The topological polar surface area (TPSA) is 92.2 Å². The highest BCUT2D eigenvalue weighted by Gasteiger charge is 2.18. The highest BCUT2D eigenvalue weighted by Crippen LogP contribution is 1.95. The molecule has 0 aromatic carbocycles. The van der Waals surface area contributed by atoms with Crippen LogP contribution in [0.15, 0.2) is 18.6 Å². The van der Waals surface area contributed by atoms with Crippen molar-refractivity contribution in [1.82, 2.24) is 15.3 Å². The Balaban J connectivity index is 2.67. The molecule has 1 aromatic rings. The Morgan fingerprint density at radius 1 is 1.53 bits per heavy atom. The van der Waals surface area contributed by atoms with Crippen LogP contribution in [0.3, 0.4) is 0 Å². The number of amides is 1. The molecule has 0 aliphatic carbocycles. The summed E-state index contributed by atoms with van der Waals surface area (Å²) in [6.45, 7) is 1.68. The molecule has 1 heterocycles. The van der Waals surface area contributed by atoms with Gasteiger partial charge in [-0.15, -0.1) is 0 Å². The smallest absolute Gasteiger partial charge is 0.326 e. The van der Waals surface area contributed by atoms with Crippen LogP contribution < -0.4 is 5.32 Å². The fourth-order valence-corrected chi connectivity index (χ4v) is 0.987. The Morgan fingerprint density at radius 2 is 2.27 bits per heavy atom. The predicted molar refractivity (Wildman–Crippen MR) is 51.2 cm³/mol. The molecule has 6 nitrogen and oxygen atoms in total. The highest BCUT2D eigenvalue weighted by atomic mass is 16.4. The van der Waals surface area contributed by atoms with Gasteiger partial charge < -0.3 is 10.4 Å². The quantitative estimate of drug-likeness (QED) is 0.732. The summed E-state index contributed by atoms with van der Waals surface area (Å²) in [6, 6.07) is -0.889. The maximum atomic E-state index is 11.4. The molecule has 1 aromatic heterocycles. The predicted octanol–water partition coefficient (Wildman–Crippen LogP) is 0.0696. The summed E-state index contributed by atoms with van der Waals surface area (Å²) >= 11 is 0. The number of carboxylic acid groups (broad SMARTS) is 1. The van der Waals surface area contributed by atoms with Gasteiger partial charge in [-0.1, -0.05) is 6.92 Å². The minimum atomic E-state index is -1.06. The number of carbonyl (C=O) groups is 2. The molecule has 0 aliphatic rings. The zero-order chi connectivity index (χ0) is 11.3. The van der Waals surface area contributed by atoms with Gasteiger partial charge in [-0.05, 0) is 6.42 Å². The average molecular weight is 209 g/mol. The SMILES string of the molecule is CC[C@H](NC(=O)c1cnccn1)C(=O)O. The molecule has 0 bridgehead atoms. The van der Waals surface area contributed by atoms with E-state index >= 15 is 0 Å². The minimum absolute atomic E-state index is 0.109. The molecule has 1 atom stereocenters. The van der Waals surface area contributed by atoms with Crippen LogP contribution in [0.4, 0.5) is 0 Å². The van der Waals surface area contributed by atoms with E-state index in [1.54, 1.807) is 6.92 Å². The van der Waals surface area contributed by atoms with Gasteiger partial charge in [-0.2, -0.15) is 0 Å². The lowest BCUT2D eigenvalue weighted by Crippen LogP contribution is -2.40. The van der Waals surface area contributed by atoms with Crippen molar-refractivity contribution in [2.75, 3.05) is 0 Å². The van der Waals surface area contributed by atoms with Gasteiger partial charge in [0, 0.05) is 12.4 Å². The second-order valence-electron chi connectivity index (χ2n) is 2.86. The molecule has 2 N–H and O–H groups in total. The first kappa shape index (κ1) is 11.1. The Morgan fingerprint density at radius 3 is 2.73 bits per heavy atom. The van der Waals surface area contributed by atoms with Crippen molar-refractivity contribution >= 4 is 11.9 Å². The van der Waals surface area contributed by atoms with Crippen LogP contribution in [0.2, 0.25) is 0 Å². The first-order valence-corrected chi connectivity index (χ1v) is 4.44. The third-order valence-corrected chi connectivity index (χ3v) is 1.81. The molecular formula is C9H11N3O3. The molecule has 0 unspecified atom stereocenters. The summed E-state index contributed by atoms with van der Waals surface area (Å²) in [6.07, 6.45) is 4.41. The molecule has 15 heavy (non-hydrogen) atoms. The normalized spacial score (nSPS) is 11.8. The third kappa shape index (κ3) is 3.01. The minimum Gasteiger partial charge on any atom is -0.480 e. The van der Waals surface area contributed by atoms with E-state index in [0.717, 1.165) is 0 Å². The van der Waals surface area contributed by atoms with Crippen molar-refractivity contribution in [3.05, 3.63) is 24.3 Å². The van der Waals surface area contributed by atoms with E-state index in [1.165, 1.54) is 18.6 Å². The number of hydrogen-bond donors (Lipinski definition) is 2. The Labute approximate surface area is 86.4 Å². The van der Waals surface area contributed by atoms with E-state index in [9.17, 15) is 9.59 Å². The lowest BCUT2D eigenvalue weighted by molar-refractivity contribution is -0.139. The molecule has 80 valence electrons. The molecule has 1 rings (SSSR count). The summed E-state index contributed by atoms with van der Waals surface area (Å²) < 4.78 is 0. The van der Waals surface area contributed by atoms with Crippen LogP contribution in [0.5, 0.6) is 0 Å². The maximum Gasteiger partial charge on any atom is 0.326 e. The summed E-state index contributed by atoms with van der Waals surface area (Å²) in [7, 11) is 0. The average Bonchev–Trinajstić information content (AvgIpc) is 2.26. The fourth-order valence-electron chi connectivity index (χ4n) is 0.987. The molecule has 0 radical (unpaired) electrons. The highest BCUT2D eigenvalue weighted by molar-refractivity contribution is 5.94. The van der Waals surface area contributed by atoms with Crippen molar-refractivity contribution in [3.8, 4) is 0 Å². The standard InChI is InChI=1S/C9H11N3O3/c1-2-6(9(14)15)12-8(13)7-5-10-3-4-11-7/h3-6H,2H2,1H3,(H,12,13)(H,14,15)/t6-/m0/s1. The fraction of sp³-hybridized carbons (Fsp3) is 0.333. The lowest BCUT2D eigenvalue weighted by atomic mass is 10.2. The van der Waals surface area contributed by atoms with Gasteiger partial charge in [0.1, 0.15) is 11.7 Å². The number of nitrogens with one attached hydrogen (secondary N) is 1. The van der Waals surface area contributed by atoms with Gasteiger partial charge in [-0.25, -0.2) is 9.78 Å². The van der Waals surface area contributed by atoms with Gasteiger partial charge >= 0.3 is 5.97 Å². The number of carbonyl (C=O) groups excluding carboxylic acids is 1. The Bertz CT molecular complexity index is 353. The van der Waals surface area contributed by atoms with Crippen LogP contribution in [0, 0.1) is 0 Å². The van der Waals surface area contributed by atoms with E-state index in [1.807, 2.05) is 0 Å². The van der Waals surface area contributed by atoms with Crippen molar-refractivity contribution in [2.45, 2.75) is 19.4 Å². The number of aromatic nitrogens is 2. The Hall–Kier alpha value is -1.98. The molecule has 1 amide bonds. The largest absolute Gasteiger partial charge is 0.480 e. The van der Waals surface area contributed by atoms with Gasteiger partial charge in [-0.3, -0.25) is 9.78 Å². The molecule has 0 saturated carbocycles. The summed E-state index contributed by atoms with van der Waals surface area (Å²) in [5.74, 6) is -1.59. The number of nitrogens with zero attached hydrogens (tertiary/aromatic N) is 2. The molecule has 0 fully saturated rings. The molecule has 6 heteroatoms. The maximum absolute atomic E-state index is 11.4. The molecular weight excluding hydrogens is 198 g/mol. The first-order chi connectivity index (χ1) is 7.15. The molecule has 0 saturated heterocycles.